The number of anilines is 2. The fourth-order valence-electron chi connectivity index (χ4n) is 6.14. The summed E-state index contributed by atoms with van der Waals surface area (Å²) in [5.74, 6) is 0.0506. The van der Waals surface area contributed by atoms with E-state index >= 15 is 0 Å². The number of esters is 1. The first-order valence-electron chi connectivity index (χ1n) is 12.2. The fraction of sp³-hybridized carbons (Fsp3) is 0.357. The van der Waals surface area contributed by atoms with Crippen molar-refractivity contribution in [3.63, 3.8) is 0 Å². The summed E-state index contributed by atoms with van der Waals surface area (Å²) in [6.07, 6.45) is 6.19. The summed E-state index contributed by atoms with van der Waals surface area (Å²) in [5.41, 5.74) is 1.87. The van der Waals surface area contributed by atoms with Gasteiger partial charge in [0.25, 0.3) is 5.91 Å². The molecule has 7 heteroatoms. The van der Waals surface area contributed by atoms with Crippen molar-refractivity contribution >= 4 is 35.1 Å². The minimum Gasteiger partial charge on any atom is -0.462 e. The highest BCUT2D eigenvalue weighted by molar-refractivity contribution is 6.22. The van der Waals surface area contributed by atoms with Gasteiger partial charge < -0.3 is 10.1 Å². The Morgan fingerprint density at radius 3 is 2.03 bits per heavy atom. The van der Waals surface area contributed by atoms with Crippen LogP contribution in [0.4, 0.5) is 11.4 Å². The number of allylic oxidation sites excluding steroid dienone is 2. The van der Waals surface area contributed by atoms with Crippen LogP contribution in [0, 0.1) is 35.5 Å². The summed E-state index contributed by atoms with van der Waals surface area (Å²) in [6.45, 7) is 2.29. The van der Waals surface area contributed by atoms with Crippen LogP contribution in [-0.4, -0.2) is 30.3 Å². The molecule has 5 aliphatic rings. The largest absolute Gasteiger partial charge is 0.462 e. The zero-order chi connectivity index (χ0) is 24.3. The number of hydrogen-bond donors (Lipinski definition) is 1. The molecule has 0 spiro atoms. The van der Waals surface area contributed by atoms with Crippen molar-refractivity contribution in [1.82, 2.24) is 0 Å². The van der Waals surface area contributed by atoms with Gasteiger partial charge >= 0.3 is 5.97 Å². The number of nitrogens with zero attached hydrogens (tertiary/aromatic N) is 1. The third-order valence-electron chi connectivity index (χ3n) is 7.87. The van der Waals surface area contributed by atoms with Gasteiger partial charge in [-0.1, -0.05) is 19.1 Å². The van der Waals surface area contributed by atoms with E-state index in [0.717, 1.165) is 12.8 Å². The third-order valence-corrected chi connectivity index (χ3v) is 7.87. The van der Waals surface area contributed by atoms with Crippen molar-refractivity contribution in [2.45, 2.75) is 19.8 Å². The maximum Gasteiger partial charge on any atom is 0.338 e. The van der Waals surface area contributed by atoms with Gasteiger partial charge in [-0.05, 0) is 85.0 Å². The first-order valence-corrected chi connectivity index (χ1v) is 12.2. The first kappa shape index (κ1) is 21.8. The number of imide groups is 1. The van der Waals surface area contributed by atoms with E-state index in [1.807, 2.05) is 6.92 Å². The third kappa shape index (κ3) is 3.49. The molecule has 2 aromatic carbocycles. The molecule has 2 saturated carbocycles. The smallest absolute Gasteiger partial charge is 0.338 e. The Balaban J connectivity index is 1.13. The average Bonchev–Trinajstić information content (AvgIpc) is 3.66. The second kappa shape index (κ2) is 8.18. The highest BCUT2D eigenvalue weighted by atomic mass is 16.5. The van der Waals surface area contributed by atoms with Crippen LogP contribution in [0.3, 0.4) is 0 Å². The zero-order valence-corrected chi connectivity index (χ0v) is 19.3. The maximum atomic E-state index is 13.3. The van der Waals surface area contributed by atoms with Crippen molar-refractivity contribution in [2.75, 3.05) is 16.8 Å². The van der Waals surface area contributed by atoms with Crippen LogP contribution >= 0.6 is 0 Å². The van der Waals surface area contributed by atoms with Crippen LogP contribution in [0.15, 0.2) is 60.7 Å². The number of hydrogen-bond acceptors (Lipinski definition) is 5. The van der Waals surface area contributed by atoms with Crippen LogP contribution in [0.2, 0.25) is 0 Å². The van der Waals surface area contributed by atoms with Gasteiger partial charge in [-0.25, -0.2) is 4.79 Å². The molecule has 1 aliphatic heterocycles. The number of rotatable bonds is 6. The summed E-state index contributed by atoms with van der Waals surface area (Å²) in [4.78, 5) is 52.5. The van der Waals surface area contributed by atoms with Crippen molar-refractivity contribution in [2.24, 2.45) is 35.5 Å². The van der Waals surface area contributed by atoms with Crippen molar-refractivity contribution in [3.8, 4) is 0 Å². The van der Waals surface area contributed by atoms with Crippen LogP contribution in [-0.2, 0) is 14.3 Å². The Kier molecular flexibility index (Phi) is 5.09. The van der Waals surface area contributed by atoms with Gasteiger partial charge in [-0.3, -0.25) is 19.3 Å². The molecule has 2 bridgehead atoms. The zero-order valence-electron chi connectivity index (χ0n) is 19.3. The van der Waals surface area contributed by atoms with E-state index in [2.05, 4.69) is 17.5 Å². The monoisotopic (exact) mass is 470 g/mol. The SMILES string of the molecule is CCCOC(=O)c1ccc(NC(=O)c2ccc(N3C(=O)[C@@H]4[C@H]5C=C[C@@H]([C@@H]6C[C@H]56)[C@@H]4C3=O)cc2)cc1. The highest BCUT2D eigenvalue weighted by Crippen LogP contribution is 2.65. The lowest BCUT2D eigenvalue weighted by molar-refractivity contribution is -0.124. The van der Waals surface area contributed by atoms with E-state index in [4.69, 9.17) is 4.74 Å². The lowest BCUT2D eigenvalue weighted by Crippen LogP contribution is -2.40. The van der Waals surface area contributed by atoms with E-state index in [0.29, 0.717) is 40.9 Å². The molecule has 3 amide bonds. The average molecular weight is 471 g/mol. The van der Waals surface area contributed by atoms with Crippen LogP contribution in [0.25, 0.3) is 0 Å². The minimum absolute atomic E-state index is 0.112. The molecule has 0 aromatic heterocycles. The van der Waals surface area contributed by atoms with E-state index in [-0.39, 0.29) is 41.4 Å². The molecule has 0 radical (unpaired) electrons. The number of benzene rings is 2. The Morgan fingerprint density at radius 1 is 0.886 bits per heavy atom. The molecule has 7 rings (SSSR count). The molecule has 1 N–H and O–H groups in total. The molecule has 0 unspecified atom stereocenters. The van der Waals surface area contributed by atoms with E-state index < -0.39 is 5.97 Å². The summed E-state index contributed by atoms with van der Waals surface area (Å²) in [6, 6.07) is 13.0. The predicted octanol–water partition coefficient (Wildman–Crippen LogP) is 4.06. The van der Waals surface area contributed by atoms with Gasteiger partial charge in [0.1, 0.15) is 0 Å². The van der Waals surface area contributed by atoms with Gasteiger partial charge in [0.15, 0.2) is 0 Å². The van der Waals surface area contributed by atoms with Gasteiger partial charge in [0.05, 0.1) is 29.7 Å². The van der Waals surface area contributed by atoms with E-state index in [1.165, 1.54) is 4.90 Å². The standard InChI is InChI=1S/C28H26N2O5/c1-2-13-35-28(34)16-3-7-17(8-4-16)29-25(31)15-5-9-18(10-6-15)30-26(32)23-19-11-12-20(22-14-21(19)22)24(23)27(30)33/h3-12,19-24H,2,13-14H2,1H3,(H,29,31)/t19-,20-,21-,22+,23-,24+/m0/s1. The summed E-state index contributed by atoms with van der Waals surface area (Å²) in [7, 11) is 0. The van der Waals surface area contributed by atoms with Crippen LogP contribution in [0.5, 0.6) is 0 Å². The van der Waals surface area contributed by atoms with Crippen LogP contribution in [0.1, 0.15) is 40.5 Å². The number of carbonyl (C=O) groups is 4. The van der Waals surface area contributed by atoms with Crippen molar-refractivity contribution in [3.05, 3.63) is 71.8 Å². The maximum absolute atomic E-state index is 13.3. The second-order valence-electron chi connectivity index (χ2n) is 9.88. The minimum atomic E-state index is -0.396. The molecule has 3 fully saturated rings. The number of amides is 3. The molecule has 35 heavy (non-hydrogen) atoms. The highest BCUT2D eigenvalue weighted by Gasteiger charge is 2.67. The van der Waals surface area contributed by atoms with Gasteiger partial charge in [-0.15, -0.1) is 0 Å². The Labute approximate surface area is 203 Å². The predicted molar refractivity (Wildman–Crippen MR) is 129 cm³/mol. The molecule has 1 heterocycles. The second-order valence-corrected chi connectivity index (χ2v) is 9.88. The van der Waals surface area contributed by atoms with Crippen LogP contribution < -0.4 is 10.2 Å². The molecule has 4 aliphatic carbocycles. The lowest BCUT2D eigenvalue weighted by atomic mass is 9.63. The van der Waals surface area contributed by atoms with Gasteiger partial charge in [0.2, 0.25) is 11.8 Å². The Morgan fingerprint density at radius 2 is 1.46 bits per heavy atom. The van der Waals surface area contributed by atoms with E-state index in [1.54, 1.807) is 48.5 Å². The van der Waals surface area contributed by atoms with Crippen molar-refractivity contribution in [1.29, 1.82) is 0 Å². The summed E-state index contributed by atoms with van der Waals surface area (Å²) < 4.78 is 5.11. The molecular weight excluding hydrogens is 444 g/mol. The molecule has 178 valence electrons. The number of nitrogens with one attached hydrogen (secondary N) is 1. The summed E-state index contributed by atoms with van der Waals surface area (Å²) in [5, 5.41) is 2.80. The fourth-order valence-corrected chi connectivity index (χ4v) is 6.14. The molecule has 7 nitrogen and oxygen atoms in total. The number of carbonyl (C=O) groups excluding carboxylic acids is 4. The van der Waals surface area contributed by atoms with Gasteiger partial charge in [0, 0.05) is 11.3 Å². The number of ether oxygens (including phenoxy) is 1. The quantitative estimate of drug-likeness (QED) is 0.390. The van der Waals surface area contributed by atoms with Gasteiger partial charge in [-0.2, -0.15) is 0 Å². The lowest BCUT2D eigenvalue weighted by Gasteiger charge is -2.37. The molecule has 2 aromatic rings. The Bertz CT molecular complexity index is 1210. The normalized spacial score (nSPS) is 29.6. The first-order chi connectivity index (χ1) is 17.0. The topological polar surface area (TPSA) is 92.8 Å². The Hall–Kier alpha value is -3.74. The molecular formula is C28H26N2O5. The van der Waals surface area contributed by atoms with Crippen molar-refractivity contribution < 1.29 is 23.9 Å². The molecule has 1 saturated heterocycles. The van der Waals surface area contributed by atoms with E-state index in [9.17, 15) is 19.2 Å². The summed E-state index contributed by atoms with van der Waals surface area (Å²) >= 11 is 0. The molecule has 6 atom stereocenters.